The first kappa shape index (κ1) is 45.8. The zero-order chi connectivity index (χ0) is 29.9. The van der Waals surface area contributed by atoms with Gasteiger partial charge in [-0.25, -0.2) is 0 Å². The van der Waals surface area contributed by atoms with E-state index in [1.165, 1.54) is 13.8 Å². The van der Waals surface area contributed by atoms with E-state index in [-0.39, 0.29) is 33.3 Å². The average Bonchev–Trinajstić information content (AvgIpc) is 2.66. The van der Waals surface area contributed by atoms with Gasteiger partial charge in [0.2, 0.25) is 0 Å². The number of carbonyl (C=O) groups is 4. The molecule has 0 heterocycles. The Kier molecular flexibility index (Phi) is 29.7. The average molecular weight is 567 g/mol. The van der Waals surface area contributed by atoms with Gasteiger partial charge >= 0.3 is 21.7 Å². The van der Waals surface area contributed by atoms with Crippen LogP contribution in [-0.4, -0.2) is 46.9 Å². The molecule has 8 nitrogen and oxygen atoms in total. The number of hydrogen-bond donors (Lipinski definition) is 2. The van der Waals surface area contributed by atoms with Crippen LogP contribution < -0.4 is 10.2 Å². The van der Waals surface area contributed by atoms with Crippen LogP contribution in [0.3, 0.4) is 0 Å². The third kappa shape index (κ3) is 34.9. The summed E-state index contributed by atoms with van der Waals surface area (Å²) >= 11 is 0. The van der Waals surface area contributed by atoms with Crippen molar-refractivity contribution in [1.82, 2.24) is 0 Å². The van der Waals surface area contributed by atoms with Gasteiger partial charge in [0.15, 0.2) is 0 Å². The molecule has 0 fully saturated rings. The van der Waals surface area contributed by atoms with E-state index < -0.39 is 23.8 Å². The van der Waals surface area contributed by atoms with Crippen LogP contribution >= 0.6 is 0 Å². The molecule has 0 spiro atoms. The van der Waals surface area contributed by atoms with Crippen molar-refractivity contribution >= 4 is 23.5 Å². The Morgan fingerprint density at radius 1 is 0.649 bits per heavy atom. The number of aliphatic hydroxyl groups excluding tert-OH is 2. The molecule has 0 bridgehead atoms. The minimum absolute atomic E-state index is 0. The number of hydrogen-bond acceptors (Lipinski definition) is 8. The topological polar surface area (TPSA) is 155 Å². The molecule has 37 heavy (non-hydrogen) atoms. The Morgan fingerprint density at radius 2 is 0.865 bits per heavy atom. The van der Waals surface area contributed by atoms with Gasteiger partial charge in [0.1, 0.15) is 11.6 Å². The number of ketones is 2. The molecular weight excluding hydrogens is 512 g/mol. The number of carbonyl (C=O) groups excluding carboxylic acids is 4. The molecule has 0 aromatic heterocycles. The summed E-state index contributed by atoms with van der Waals surface area (Å²) in [6.45, 7) is 23.7. The van der Waals surface area contributed by atoms with Crippen LogP contribution in [0.4, 0.5) is 0 Å². The molecule has 2 N–H and O–H groups in total. The number of aliphatic carboxylic acids is 2. The molecule has 0 radical (unpaired) electrons. The molecule has 9 heteroatoms. The van der Waals surface area contributed by atoms with Crippen molar-refractivity contribution in [3.05, 3.63) is 0 Å². The summed E-state index contributed by atoms with van der Waals surface area (Å²) in [6.07, 6.45) is 2.84. The fourth-order valence-corrected chi connectivity index (χ4v) is 3.46. The number of rotatable bonds is 10. The second-order valence-electron chi connectivity index (χ2n) is 11.9. The summed E-state index contributed by atoms with van der Waals surface area (Å²) in [5, 5.41) is 37.5. The molecule has 4 atom stereocenters. The predicted octanol–water partition coefficient (Wildman–Crippen LogP) is 2.80. The molecule has 0 aliphatic heterocycles. The van der Waals surface area contributed by atoms with Crippen LogP contribution in [0.2, 0.25) is 0 Å². The minimum atomic E-state index is -1.27. The maximum Gasteiger partial charge on any atom is 2.00 e. The monoisotopic (exact) mass is 566 g/mol. The number of carboxylic acid groups (broad SMARTS) is 2. The smallest absolute Gasteiger partial charge is 0.549 e. The number of Topliss-reactive ketones (excluding diaryl/α,β-unsaturated/α-hetero) is 2. The van der Waals surface area contributed by atoms with E-state index in [0.717, 1.165) is 12.8 Å². The van der Waals surface area contributed by atoms with Gasteiger partial charge in [-0.05, 0) is 62.2 Å². The predicted molar refractivity (Wildman–Crippen MR) is 140 cm³/mol. The summed E-state index contributed by atoms with van der Waals surface area (Å²) in [5.74, 6) is -4.14. The van der Waals surface area contributed by atoms with E-state index in [4.69, 9.17) is 10.2 Å². The molecule has 0 saturated heterocycles. The van der Waals surface area contributed by atoms with Crippen LogP contribution in [-0.2, 0) is 40.9 Å². The zero-order valence-electron chi connectivity index (χ0n) is 25.4. The van der Waals surface area contributed by atoms with Gasteiger partial charge < -0.3 is 30.0 Å². The normalized spacial score (nSPS) is 13.8. The van der Waals surface area contributed by atoms with Crippen molar-refractivity contribution in [1.29, 1.82) is 0 Å². The molecular formula is C28H54O8Ti. The van der Waals surface area contributed by atoms with E-state index in [0.29, 0.717) is 48.7 Å². The van der Waals surface area contributed by atoms with Crippen molar-refractivity contribution < 1.29 is 61.3 Å². The first-order chi connectivity index (χ1) is 16.1. The molecule has 0 saturated carbocycles. The minimum Gasteiger partial charge on any atom is -0.549 e. The van der Waals surface area contributed by atoms with Gasteiger partial charge in [-0.1, -0.05) is 69.2 Å². The van der Waals surface area contributed by atoms with Crippen LogP contribution in [0, 0.1) is 34.5 Å². The van der Waals surface area contributed by atoms with Gasteiger partial charge in [-0.3, -0.25) is 9.59 Å². The maximum atomic E-state index is 10.4. The van der Waals surface area contributed by atoms with Gasteiger partial charge in [0.05, 0.1) is 23.8 Å². The summed E-state index contributed by atoms with van der Waals surface area (Å²) in [5.41, 5.74) is 0.726. The van der Waals surface area contributed by atoms with Crippen molar-refractivity contribution in [3.8, 4) is 0 Å². The summed E-state index contributed by atoms with van der Waals surface area (Å²) in [7, 11) is 0. The third-order valence-electron chi connectivity index (χ3n) is 4.91. The first-order valence-corrected chi connectivity index (χ1v) is 12.7. The van der Waals surface area contributed by atoms with Crippen molar-refractivity contribution in [2.24, 2.45) is 34.5 Å². The quantitative estimate of drug-likeness (QED) is 0.302. The molecule has 0 aromatic rings. The largest absolute Gasteiger partial charge is 2.00 e. The van der Waals surface area contributed by atoms with Crippen molar-refractivity contribution in [2.75, 3.05) is 13.2 Å². The molecule has 0 aliphatic carbocycles. The number of aliphatic hydroxyl groups is 2. The SMILES string of the molecule is CC(CO)CC(C)(C)C.CC(CO)CC(C)(C)C.CCC(C(C)=O)C(=O)[O-].CCC(C(C)=O)C(=O)[O-].[Ti+2]. The third-order valence-corrected chi connectivity index (χ3v) is 4.91. The van der Waals surface area contributed by atoms with Crippen molar-refractivity contribution in [3.63, 3.8) is 0 Å². The van der Waals surface area contributed by atoms with Crippen LogP contribution in [0.1, 0.15) is 109 Å². The van der Waals surface area contributed by atoms with Crippen LogP contribution in [0.5, 0.6) is 0 Å². The summed E-state index contributed by atoms with van der Waals surface area (Å²) < 4.78 is 0. The maximum absolute atomic E-state index is 10.4. The van der Waals surface area contributed by atoms with Gasteiger partial charge in [-0.2, -0.15) is 0 Å². The molecule has 218 valence electrons. The fourth-order valence-electron chi connectivity index (χ4n) is 3.46. The number of carboxylic acids is 2. The Balaban J connectivity index is -0.000000122. The zero-order valence-corrected chi connectivity index (χ0v) is 27.0. The summed E-state index contributed by atoms with van der Waals surface area (Å²) in [6, 6.07) is 0. The second kappa shape index (κ2) is 24.0. The molecule has 0 aliphatic rings. The van der Waals surface area contributed by atoms with E-state index in [1.807, 2.05) is 0 Å². The second-order valence-corrected chi connectivity index (χ2v) is 11.9. The van der Waals surface area contributed by atoms with Gasteiger partial charge in [-0.15, -0.1) is 0 Å². The molecule has 0 amide bonds. The standard InChI is InChI=1S/2C8H18O.2C6H10O3.Ti/c2*1-7(6-9)5-8(2,3)4;2*1-3-5(4(2)7)6(8)9;/h2*7,9H,5-6H2,1-4H3;2*5H,3H2,1-2H3,(H,8,9);/q;;;;+2/p-2. The molecule has 0 rings (SSSR count). The van der Waals surface area contributed by atoms with E-state index in [2.05, 4.69) is 55.4 Å². The van der Waals surface area contributed by atoms with Gasteiger partial charge in [0, 0.05) is 13.2 Å². The molecule has 0 aromatic carbocycles. The van der Waals surface area contributed by atoms with E-state index in [9.17, 15) is 29.4 Å². The van der Waals surface area contributed by atoms with Crippen LogP contribution in [0.25, 0.3) is 0 Å². The Hall–Kier alpha value is -1.09. The summed E-state index contributed by atoms with van der Waals surface area (Å²) in [4.78, 5) is 40.9. The first-order valence-electron chi connectivity index (χ1n) is 12.7. The van der Waals surface area contributed by atoms with Crippen LogP contribution in [0.15, 0.2) is 0 Å². The van der Waals surface area contributed by atoms with E-state index >= 15 is 0 Å². The molecule has 4 unspecified atom stereocenters. The Labute approximate surface area is 240 Å². The van der Waals surface area contributed by atoms with E-state index in [1.54, 1.807) is 13.8 Å². The van der Waals surface area contributed by atoms with Crippen molar-refractivity contribution in [2.45, 2.75) is 109 Å². The van der Waals surface area contributed by atoms with Gasteiger partial charge in [0.25, 0.3) is 0 Å². The Morgan fingerprint density at radius 3 is 0.892 bits per heavy atom. The fraction of sp³-hybridized carbons (Fsp3) is 0.857. The Bertz CT molecular complexity index is 539.